The summed E-state index contributed by atoms with van der Waals surface area (Å²) in [6, 6.07) is 8.36. The van der Waals surface area contributed by atoms with E-state index in [9.17, 15) is 9.59 Å². The van der Waals surface area contributed by atoms with Crippen LogP contribution in [0.15, 0.2) is 24.3 Å². The lowest BCUT2D eigenvalue weighted by Crippen LogP contribution is -2.34. The van der Waals surface area contributed by atoms with E-state index in [4.69, 9.17) is 10.2 Å². The lowest BCUT2D eigenvalue weighted by Gasteiger charge is -2.27. The van der Waals surface area contributed by atoms with E-state index in [1.54, 1.807) is 6.92 Å². The van der Waals surface area contributed by atoms with Crippen LogP contribution in [0, 0.1) is 0 Å². The molecule has 144 valence electrons. The molecule has 1 amide bonds. The number of carbonyl (C=O) groups is 2. The molecule has 1 aromatic heterocycles. The second-order valence-corrected chi connectivity index (χ2v) is 8.16. The first-order chi connectivity index (χ1) is 12.7. The average molecular weight is 369 g/mol. The quantitative estimate of drug-likeness (QED) is 0.898. The number of amides is 1. The Labute approximate surface area is 159 Å². The zero-order valence-corrected chi connectivity index (χ0v) is 16.5. The fourth-order valence-corrected chi connectivity index (χ4v) is 3.51. The summed E-state index contributed by atoms with van der Waals surface area (Å²) in [5.74, 6) is -0.788. The van der Waals surface area contributed by atoms with Crippen LogP contribution in [-0.2, 0) is 34.5 Å². The van der Waals surface area contributed by atoms with E-state index >= 15 is 0 Å². The summed E-state index contributed by atoms with van der Waals surface area (Å²) >= 11 is 0. The van der Waals surface area contributed by atoms with Crippen molar-refractivity contribution < 1.29 is 14.7 Å². The van der Waals surface area contributed by atoms with Crippen molar-refractivity contribution in [2.75, 3.05) is 6.54 Å². The van der Waals surface area contributed by atoms with Crippen molar-refractivity contribution in [3.8, 4) is 11.3 Å². The van der Waals surface area contributed by atoms with Crippen molar-refractivity contribution in [3.63, 3.8) is 0 Å². The molecule has 0 bridgehead atoms. The fraction of sp³-hybridized carbons (Fsp3) is 0.476. The maximum absolute atomic E-state index is 11.9. The molecule has 2 aromatic rings. The molecule has 6 nitrogen and oxygen atoms in total. The molecule has 3 rings (SSSR count). The smallest absolute Gasteiger partial charge is 0.305 e. The van der Waals surface area contributed by atoms with Crippen LogP contribution in [0.4, 0.5) is 0 Å². The van der Waals surface area contributed by atoms with Gasteiger partial charge in [-0.2, -0.15) is 5.10 Å². The van der Waals surface area contributed by atoms with Gasteiger partial charge in [0.1, 0.15) is 0 Å². The second kappa shape index (κ2) is 7.18. The van der Waals surface area contributed by atoms with Gasteiger partial charge in [0.25, 0.3) is 0 Å². The Kier molecular flexibility index (Phi) is 5.09. The van der Waals surface area contributed by atoms with Gasteiger partial charge in [-0.15, -0.1) is 0 Å². The lowest BCUT2D eigenvalue weighted by molar-refractivity contribution is -0.137. The zero-order valence-electron chi connectivity index (χ0n) is 16.5. The normalized spacial score (nSPS) is 14.1. The van der Waals surface area contributed by atoms with Crippen LogP contribution in [0.1, 0.15) is 50.9 Å². The van der Waals surface area contributed by atoms with Gasteiger partial charge in [-0.3, -0.25) is 14.3 Å². The molecule has 0 spiro atoms. The highest BCUT2D eigenvalue weighted by Crippen LogP contribution is 2.32. The van der Waals surface area contributed by atoms with Gasteiger partial charge in [-0.25, -0.2) is 0 Å². The molecule has 1 aliphatic heterocycles. The average Bonchev–Trinajstić information content (AvgIpc) is 2.97. The predicted octanol–water partition coefficient (Wildman–Crippen LogP) is 3.23. The van der Waals surface area contributed by atoms with Crippen LogP contribution >= 0.6 is 0 Å². The van der Waals surface area contributed by atoms with Gasteiger partial charge in [0.15, 0.2) is 0 Å². The van der Waals surface area contributed by atoms with E-state index < -0.39 is 5.97 Å². The summed E-state index contributed by atoms with van der Waals surface area (Å²) in [6.45, 7) is 9.62. The third-order valence-electron chi connectivity index (χ3n) is 5.14. The van der Waals surface area contributed by atoms with Gasteiger partial charge >= 0.3 is 5.97 Å². The third kappa shape index (κ3) is 4.04. The number of rotatable bonds is 4. The van der Waals surface area contributed by atoms with Gasteiger partial charge < -0.3 is 10.0 Å². The van der Waals surface area contributed by atoms with Gasteiger partial charge in [-0.05, 0) is 11.0 Å². The number of aliphatic carboxylic acids is 1. The number of fused-ring (bicyclic) bond motifs is 1. The van der Waals surface area contributed by atoms with E-state index in [2.05, 4.69) is 45.0 Å². The molecular formula is C21H27N3O3. The highest BCUT2D eigenvalue weighted by atomic mass is 16.4. The number of hydrogen-bond donors (Lipinski definition) is 1. The van der Waals surface area contributed by atoms with Crippen molar-refractivity contribution in [2.45, 2.75) is 59.0 Å². The maximum Gasteiger partial charge on any atom is 0.305 e. The van der Waals surface area contributed by atoms with Crippen LogP contribution in [0.2, 0.25) is 0 Å². The minimum atomic E-state index is -0.837. The molecule has 0 radical (unpaired) electrons. The number of carboxylic acids is 1. The fourth-order valence-electron chi connectivity index (χ4n) is 3.51. The highest BCUT2D eigenvalue weighted by Gasteiger charge is 2.27. The van der Waals surface area contributed by atoms with Crippen molar-refractivity contribution in [1.82, 2.24) is 14.7 Å². The first-order valence-corrected chi connectivity index (χ1v) is 9.33. The van der Waals surface area contributed by atoms with Gasteiger partial charge in [-0.1, -0.05) is 45.0 Å². The number of nitrogens with zero attached hydrogens (tertiary/aromatic N) is 3. The molecule has 0 saturated heterocycles. The van der Waals surface area contributed by atoms with E-state index in [0.29, 0.717) is 26.1 Å². The molecule has 27 heavy (non-hydrogen) atoms. The summed E-state index contributed by atoms with van der Waals surface area (Å²) < 4.78 is 1.81. The Morgan fingerprint density at radius 1 is 1.19 bits per heavy atom. The number of carboxylic acid groups (broad SMARTS) is 1. The molecule has 1 aliphatic rings. The first kappa shape index (κ1) is 19.1. The summed E-state index contributed by atoms with van der Waals surface area (Å²) in [7, 11) is 0. The molecule has 2 heterocycles. The Bertz CT molecular complexity index is 860. The molecule has 0 unspecified atom stereocenters. The van der Waals surface area contributed by atoms with Crippen LogP contribution in [0.3, 0.4) is 0 Å². The maximum atomic E-state index is 11.9. The van der Waals surface area contributed by atoms with Crippen LogP contribution in [0.5, 0.6) is 0 Å². The van der Waals surface area contributed by atoms with Gasteiger partial charge in [0.2, 0.25) is 5.91 Å². The summed E-state index contributed by atoms with van der Waals surface area (Å²) in [4.78, 5) is 24.7. The molecule has 1 aromatic carbocycles. The molecular weight excluding hydrogens is 342 g/mol. The van der Waals surface area contributed by atoms with E-state index in [1.165, 1.54) is 5.56 Å². The monoisotopic (exact) mass is 369 g/mol. The Morgan fingerprint density at radius 2 is 1.85 bits per heavy atom. The number of hydrogen-bond acceptors (Lipinski definition) is 3. The third-order valence-corrected chi connectivity index (χ3v) is 5.14. The SMILES string of the molecule is CC(=O)N1CCc2c(c(-c3ccc(C(C)(C)C)cc3)nn2CCC(=O)O)C1. The van der Waals surface area contributed by atoms with Crippen molar-refractivity contribution in [1.29, 1.82) is 0 Å². The molecule has 0 aliphatic carbocycles. The first-order valence-electron chi connectivity index (χ1n) is 9.33. The van der Waals surface area contributed by atoms with Crippen LogP contribution in [0.25, 0.3) is 11.3 Å². The van der Waals surface area contributed by atoms with Crippen molar-refractivity contribution in [2.24, 2.45) is 0 Å². The minimum absolute atomic E-state index is 0.0347. The molecule has 1 N–H and O–H groups in total. The standard InChI is InChI=1S/C21H27N3O3/c1-14(25)23-11-9-18-17(13-23)20(22-24(18)12-10-19(26)27)15-5-7-16(8-6-15)21(2,3)4/h5-8H,9-13H2,1-4H3,(H,26,27). The van der Waals surface area contributed by atoms with Gasteiger partial charge in [0.05, 0.1) is 18.7 Å². The number of aromatic nitrogens is 2. The molecule has 0 fully saturated rings. The highest BCUT2D eigenvalue weighted by molar-refractivity contribution is 5.74. The zero-order chi connectivity index (χ0) is 19.8. The summed E-state index contributed by atoms with van der Waals surface area (Å²) in [5.41, 5.74) is 5.25. The number of carbonyl (C=O) groups excluding carboxylic acids is 1. The molecule has 6 heteroatoms. The lowest BCUT2D eigenvalue weighted by atomic mass is 9.86. The van der Waals surface area contributed by atoms with Crippen molar-refractivity contribution in [3.05, 3.63) is 41.1 Å². The Morgan fingerprint density at radius 3 is 2.41 bits per heavy atom. The van der Waals surface area contributed by atoms with E-state index in [-0.39, 0.29) is 17.7 Å². The van der Waals surface area contributed by atoms with E-state index in [0.717, 1.165) is 22.5 Å². The van der Waals surface area contributed by atoms with Gasteiger partial charge in [0, 0.05) is 43.3 Å². The Balaban J connectivity index is 2.01. The largest absolute Gasteiger partial charge is 0.481 e. The second-order valence-electron chi connectivity index (χ2n) is 8.16. The minimum Gasteiger partial charge on any atom is -0.481 e. The van der Waals surface area contributed by atoms with Crippen molar-refractivity contribution >= 4 is 11.9 Å². The number of aryl methyl sites for hydroxylation is 1. The molecule has 0 atom stereocenters. The van der Waals surface area contributed by atoms with E-state index in [1.807, 2.05) is 9.58 Å². The number of benzene rings is 1. The summed E-state index contributed by atoms with van der Waals surface area (Å²) in [5, 5.41) is 13.8. The molecule has 0 saturated carbocycles. The topological polar surface area (TPSA) is 75.4 Å². The predicted molar refractivity (Wildman–Crippen MR) is 103 cm³/mol. The van der Waals surface area contributed by atoms with Crippen LogP contribution < -0.4 is 0 Å². The van der Waals surface area contributed by atoms with Crippen LogP contribution in [-0.4, -0.2) is 38.2 Å². The summed E-state index contributed by atoms with van der Waals surface area (Å²) in [6.07, 6.45) is 0.731. The Hall–Kier alpha value is -2.63.